The molecule has 3 aromatic rings. The number of carbonyl (C=O) groups is 1. The average Bonchev–Trinajstić information content (AvgIpc) is 2.92. The zero-order valence-electron chi connectivity index (χ0n) is 15.2. The lowest BCUT2D eigenvalue weighted by atomic mass is 10.1. The first-order valence-corrected chi connectivity index (χ1v) is 9.43. The van der Waals surface area contributed by atoms with Crippen molar-refractivity contribution in [3.8, 4) is 0 Å². The third-order valence-corrected chi connectivity index (χ3v) is 5.66. The van der Waals surface area contributed by atoms with Crippen molar-refractivity contribution in [1.29, 1.82) is 0 Å². The number of methoxy groups -OCH3 is 1. The van der Waals surface area contributed by atoms with Gasteiger partial charge in [-0.1, -0.05) is 30.3 Å². The van der Waals surface area contributed by atoms with Gasteiger partial charge in [0.05, 0.1) is 12.5 Å². The minimum Gasteiger partial charge on any atom is -0.469 e. The van der Waals surface area contributed by atoms with Gasteiger partial charge >= 0.3 is 5.97 Å². The Morgan fingerprint density at radius 2 is 1.96 bits per heavy atom. The molecule has 136 valence electrons. The zero-order chi connectivity index (χ0) is 18.7. The molecule has 0 saturated carbocycles. The standard InChI is InChI=1S/C20H22N2O3S/c1-13-14(2)26-19-18(13)20(24)22(11-7-10-17(23)25-3)16(21-19)12-15-8-5-4-6-9-15/h4-6,8-9H,7,10-12H2,1-3H3. The van der Waals surface area contributed by atoms with Crippen LogP contribution >= 0.6 is 11.3 Å². The average molecular weight is 370 g/mol. The SMILES string of the molecule is COC(=O)CCCn1c(Cc2ccccc2)nc2sc(C)c(C)c2c1=O. The number of hydrogen-bond acceptors (Lipinski definition) is 5. The molecule has 0 unspecified atom stereocenters. The molecular formula is C20H22N2O3S. The number of hydrogen-bond donors (Lipinski definition) is 0. The number of esters is 1. The number of ether oxygens (including phenoxy) is 1. The summed E-state index contributed by atoms with van der Waals surface area (Å²) in [5.74, 6) is 0.471. The summed E-state index contributed by atoms with van der Waals surface area (Å²) in [5.41, 5.74) is 2.08. The summed E-state index contributed by atoms with van der Waals surface area (Å²) in [7, 11) is 1.38. The summed E-state index contributed by atoms with van der Waals surface area (Å²) in [4.78, 5) is 31.2. The quantitative estimate of drug-likeness (QED) is 0.622. The van der Waals surface area contributed by atoms with E-state index >= 15 is 0 Å². The van der Waals surface area contributed by atoms with Crippen molar-refractivity contribution in [1.82, 2.24) is 9.55 Å². The molecule has 5 nitrogen and oxygen atoms in total. The number of carbonyl (C=O) groups excluding carboxylic acids is 1. The predicted molar refractivity (Wildman–Crippen MR) is 104 cm³/mol. The minimum atomic E-state index is -0.265. The summed E-state index contributed by atoms with van der Waals surface area (Å²) in [5, 5.41) is 0.697. The van der Waals surface area contributed by atoms with Crippen LogP contribution in [0.5, 0.6) is 0 Å². The van der Waals surface area contributed by atoms with E-state index in [-0.39, 0.29) is 17.9 Å². The summed E-state index contributed by atoms with van der Waals surface area (Å²) in [6.07, 6.45) is 1.41. The van der Waals surface area contributed by atoms with Crippen molar-refractivity contribution >= 4 is 27.5 Å². The number of aryl methyl sites for hydroxylation is 2. The van der Waals surface area contributed by atoms with Gasteiger partial charge in [-0.2, -0.15) is 0 Å². The second-order valence-corrected chi connectivity index (χ2v) is 7.49. The first kappa shape index (κ1) is 18.3. The summed E-state index contributed by atoms with van der Waals surface area (Å²) >= 11 is 1.56. The molecule has 0 radical (unpaired) electrons. The van der Waals surface area contributed by atoms with Crippen LogP contribution in [0.3, 0.4) is 0 Å². The van der Waals surface area contributed by atoms with E-state index in [1.807, 2.05) is 44.2 Å². The van der Waals surface area contributed by atoms with Crippen LogP contribution in [0.25, 0.3) is 10.2 Å². The lowest BCUT2D eigenvalue weighted by Gasteiger charge is -2.12. The highest BCUT2D eigenvalue weighted by Crippen LogP contribution is 2.26. The van der Waals surface area contributed by atoms with Gasteiger partial charge in [-0.25, -0.2) is 4.98 Å². The van der Waals surface area contributed by atoms with Gasteiger partial charge < -0.3 is 4.74 Å². The van der Waals surface area contributed by atoms with Crippen LogP contribution in [0.2, 0.25) is 0 Å². The van der Waals surface area contributed by atoms with Crippen LogP contribution in [0, 0.1) is 13.8 Å². The van der Waals surface area contributed by atoms with Crippen LogP contribution in [-0.2, 0) is 22.5 Å². The molecule has 0 saturated heterocycles. The van der Waals surface area contributed by atoms with Crippen molar-refractivity contribution < 1.29 is 9.53 Å². The Hall–Kier alpha value is -2.47. The number of aromatic nitrogens is 2. The largest absolute Gasteiger partial charge is 0.469 e. The highest BCUT2D eigenvalue weighted by molar-refractivity contribution is 7.18. The molecule has 0 atom stereocenters. The van der Waals surface area contributed by atoms with Gasteiger partial charge in [-0.3, -0.25) is 14.2 Å². The first-order valence-electron chi connectivity index (χ1n) is 8.61. The monoisotopic (exact) mass is 370 g/mol. The molecule has 0 N–H and O–H groups in total. The van der Waals surface area contributed by atoms with E-state index in [1.165, 1.54) is 7.11 Å². The van der Waals surface area contributed by atoms with E-state index in [0.717, 1.165) is 26.7 Å². The minimum absolute atomic E-state index is 0.0207. The molecule has 0 aliphatic rings. The zero-order valence-corrected chi connectivity index (χ0v) is 16.1. The molecule has 3 rings (SSSR count). The number of rotatable bonds is 6. The number of thiophene rings is 1. The third kappa shape index (κ3) is 3.70. The van der Waals surface area contributed by atoms with E-state index in [9.17, 15) is 9.59 Å². The molecule has 0 fully saturated rings. The number of fused-ring (bicyclic) bond motifs is 1. The lowest BCUT2D eigenvalue weighted by Crippen LogP contribution is -2.26. The van der Waals surface area contributed by atoms with Crippen molar-refractivity contribution in [2.45, 2.75) is 39.7 Å². The number of nitrogens with zero attached hydrogens (tertiary/aromatic N) is 2. The highest BCUT2D eigenvalue weighted by Gasteiger charge is 2.17. The Labute approximate surface area is 156 Å². The molecule has 1 aromatic carbocycles. The van der Waals surface area contributed by atoms with Crippen LogP contribution < -0.4 is 5.56 Å². The van der Waals surface area contributed by atoms with Crippen molar-refractivity contribution in [2.75, 3.05) is 7.11 Å². The summed E-state index contributed by atoms with van der Waals surface area (Å²) in [6, 6.07) is 9.98. The Kier molecular flexibility index (Phi) is 5.52. The predicted octanol–water partition coefficient (Wildman–Crippen LogP) is 3.62. The topological polar surface area (TPSA) is 61.2 Å². The summed E-state index contributed by atoms with van der Waals surface area (Å²) < 4.78 is 6.42. The molecule has 2 heterocycles. The van der Waals surface area contributed by atoms with Crippen LogP contribution in [0.1, 0.15) is 34.7 Å². The van der Waals surface area contributed by atoms with E-state index in [1.54, 1.807) is 15.9 Å². The van der Waals surface area contributed by atoms with Gasteiger partial charge in [0.15, 0.2) is 0 Å². The van der Waals surface area contributed by atoms with Gasteiger partial charge in [-0.15, -0.1) is 11.3 Å². The lowest BCUT2D eigenvalue weighted by molar-refractivity contribution is -0.140. The van der Waals surface area contributed by atoms with Gasteiger partial charge in [-0.05, 0) is 31.4 Å². The van der Waals surface area contributed by atoms with Crippen LogP contribution in [-0.4, -0.2) is 22.6 Å². The molecule has 0 amide bonds. The second-order valence-electron chi connectivity index (χ2n) is 6.29. The molecule has 2 aromatic heterocycles. The van der Waals surface area contributed by atoms with Gasteiger partial charge in [0, 0.05) is 24.3 Å². The number of benzene rings is 1. The Bertz CT molecular complexity index is 990. The van der Waals surface area contributed by atoms with E-state index in [0.29, 0.717) is 24.8 Å². The van der Waals surface area contributed by atoms with E-state index < -0.39 is 0 Å². The maximum atomic E-state index is 13.1. The van der Waals surface area contributed by atoms with Crippen molar-refractivity contribution in [3.05, 3.63) is 62.5 Å². The van der Waals surface area contributed by atoms with E-state index in [2.05, 4.69) is 0 Å². The maximum absolute atomic E-state index is 13.1. The van der Waals surface area contributed by atoms with Gasteiger partial charge in [0.25, 0.3) is 5.56 Å². The van der Waals surface area contributed by atoms with Gasteiger partial charge in [0.2, 0.25) is 0 Å². The molecule has 26 heavy (non-hydrogen) atoms. The highest BCUT2D eigenvalue weighted by atomic mass is 32.1. The second kappa shape index (κ2) is 7.83. The van der Waals surface area contributed by atoms with Crippen molar-refractivity contribution in [2.24, 2.45) is 0 Å². The molecule has 6 heteroatoms. The maximum Gasteiger partial charge on any atom is 0.305 e. The fourth-order valence-electron chi connectivity index (χ4n) is 3.00. The Morgan fingerprint density at radius 1 is 1.23 bits per heavy atom. The molecular weight excluding hydrogens is 348 g/mol. The Balaban J connectivity index is 2.03. The summed E-state index contributed by atoms with van der Waals surface area (Å²) in [6.45, 7) is 4.43. The molecule has 0 aliphatic carbocycles. The third-order valence-electron chi connectivity index (χ3n) is 4.56. The van der Waals surface area contributed by atoms with E-state index in [4.69, 9.17) is 9.72 Å². The smallest absolute Gasteiger partial charge is 0.305 e. The fraction of sp³-hybridized carbons (Fsp3) is 0.350. The normalized spacial score (nSPS) is 11.0. The van der Waals surface area contributed by atoms with Crippen molar-refractivity contribution in [3.63, 3.8) is 0 Å². The van der Waals surface area contributed by atoms with Gasteiger partial charge in [0.1, 0.15) is 10.7 Å². The van der Waals surface area contributed by atoms with Crippen LogP contribution in [0.4, 0.5) is 0 Å². The molecule has 0 bridgehead atoms. The Morgan fingerprint density at radius 3 is 2.65 bits per heavy atom. The first-order chi connectivity index (χ1) is 12.5. The molecule has 0 spiro atoms. The fourth-order valence-corrected chi connectivity index (χ4v) is 4.04. The molecule has 0 aliphatic heterocycles. The van der Waals surface area contributed by atoms with Crippen LogP contribution in [0.15, 0.2) is 35.1 Å².